The second-order valence-corrected chi connectivity index (χ2v) is 7.33. The molecule has 3 heterocycles. The minimum absolute atomic E-state index is 0.150. The number of para-hydroxylation sites is 1. The third kappa shape index (κ3) is 4.80. The highest BCUT2D eigenvalue weighted by Crippen LogP contribution is 2.27. The van der Waals surface area contributed by atoms with E-state index in [1.165, 1.54) is 0 Å². The Labute approximate surface area is 175 Å². The van der Waals surface area contributed by atoms with Crippen molar-refractivity contribution in [3.05, 3.63) is 76.6 Å². The Morgan fingerprint density at radius 3 is 2.83 bits per heavy atom. The number of aromatic nitrogens is 4. The van der Waals surface area contributed by atoms with E-state index in [2.05, 4.69) is 43.1 Å². The Morgan fingerprint density at radius 2 is 2.07 bits per heavy atom. The van der Waals surface area contributed by atoms with E-state index in [1.807, 2.05) is 18.2 Å². The van der Waals surface area contributed by atoms with Gasteiger partial charge in [-0.15, -0.1) is 0 Å². The van der Waals surface area contributed by atoms with Crippen LogP contribution in [0, 0.1) is 0 Å². The summed E-state index contributed by atoms with van der Waals surface area (Å²) in [5.41, 5.74) is 2.35. The first kappa shape index (κ1) is 20.0. The van der Waals surface area contributed by atoms with Gasteiger partial charge in [0.05, 0.1) is 19.0 Å². The fraction of sp³-hybridized carbons (Fsp3) is 0.304. The lowest BCUT2D eigenvalue weighted by atomic mass is 9.93. The number of nitrogens with one attached hydrogen (secondary N) is 1. The van der Waals surface area contributed by atoms with Crippen LogP contribution in [0.3, 0.4) is 0 Å². The van der Waals surface area contributed by atoms with Crippen molar-refractivity contribution >= 4 is 6.08 Å². The summed E-state index contributed by atoms with van der Waals surface area (Å²) in [4.78, 5) is 30.3. The van der Waals surface area contributed by atoms with E-state index in [0.29, 0.717) is 11.5 Å². The lowest BCUT2D eigenvalue weighted by Gasteiger charge is -2.30. The molecule has 1 N–H and O–H groups in total. The summed E-state index contributed by atoms with van der Waals surface area (Å²) in [6, 6.07) is 9.61. The van der Waals surface area contributed by atoms with Crippen LogP contribution in [0.1, 0.15) is 30.0 Å². The molecule has 1 aliphatic heterocycles. The molecule has 30 heavy (non-hydrogen) atoms. The van der Waals surface area contributed by atoms with Gasteiger partial charge in [-0.3, -0.25) is 14.7 Å². The first-order valence-electron chi connectivity index (χ1n) is 10.1. The molecular weight excluding hydrogens is 378 g/mol. The molecule has 7 nitrogen and oxygen atoms in total. The van der Waals surface area contributed by atoms with Crippen LogP contribution in [0.5, 0.6) is 5.75 Å². The van der Waals surface area contributed by atoms with Crippen LogP contribution in [0.15, 0.2) is 59.8 Å². The van der Waals surface area contributed by atoms with E-state index in [9.17, 15) is 4.79 Å². The zero-order chi connectivity index (χ0) is 20.8. The molecule has 2 aromatic heterocycles. The average Bonchev–Trinajstić information content (AvgIpc) is 2.80. The molecular formula is C23H25N5O2. The number of rotatable bonds is 6. The maximum Gasteiger partial charge on any atom is 0.251 e. The number of benzene rings is 1. The Hall–Kier alpha value is -3.32. The van der Waals surface area contributed by atoms with E-state index < -0.39 is 0 Å². The molecule has 154 valence electrons. The molecule has 3 aromatic rings. The minimum atomic E-state index is -0.150. The van der Waals surface area contributed by atoms with Crippen LogP contribution >= 0.6 is 0 Å². The molecule has 0 unspecified atom stereocenters. The van der Waals surface area contributed by atoms with Gasteiger partial charge < -0.3 is 9.72 Å². The first-order chi connectivity index (χ1) is 14.7. The zero-order valence-electron chi connectivity index (χ0n) is 17.0. The van der Waals surface area contributed by atoms with E-state index in [0.717, 1.165) is 49.5 Å². The highest BCUT2D eigenvalue weighted by atomic mass is 16.5. The van der Waals surface area contributed by atoms with Crippen molar-refractivity contribution in [3.8, 4) is 17.3 Å². The Morgan fingerprint density at radius 1 is 1.23 bits per heavy atom. The molecule has 0 bridgehead atoms. The summed E-state index contributed by atoms with van der Waals surface area (Å²) in [5.74, 6) is 1.64. The Bertz CT molecular complexity index is 1060. The highest BCUT2D eigenvalue weighted by molar-refractivity contribution is 5.57. The lowest BCUT2D eigenvalue weighted by molar-refractivity contribution is 0.231. The number of likely N-dealkylation sites (tertiary alicyclic amines) is 1. The predicted octanol–water partition coefficient (Wildman–Crippen LogP) is 3.13. The second kappa shape index (κ2) is 9.45. The Balaban J connectivity index is 1.37. The molecule has 0 atom stereocenters. The van der Waals surface area contributed by atoms with Crippen LogP contribution in [-0.2, 0) is 0 Å². The van der Waals surface area contributed by atoms with Gasteiger partial charge in [-0.2, -0.15) is 0 Å². The molecule has 0 saturated carbocycles. The third-order valence-electron chi connectivity index (χ3n) is 5.37. The highest BCUT2D eigenvalue weighted by Gasteiger charge is 2.22. The number of hydrogen-bond acceptors (Lipinski definition) is 6. The van der Waals surface area contributed by atoms with Crippen LogP contribution in [0.4, 0.5) is 0 Å². The van der Waals surface area contributed by atoms with E-state index in [-0.39, 0.29) is 11.5 Å². The third-order valence-corrected chi connectivity index (χ3v) is 5.37. The van der Waals surface area contributed by atoms with Crippen LogP contribution in [0.25, 0.3) is 17.6 Å². The Kier molecular flexibility index (Phi) is 6.29. The first-order valence-corrected chi connectivity index (χ1v) is 10.1. The number of hydrogen-bond donors (Lipinski definition) is 1. The number of piperidine rings is 1. The van der Waals surface area contributed by atoms with Crippen LogP contribution in [-0.4, -0.2) is 51.6 Å². The summed E-state index contributed by atoms with van der Waals surface area (Å²) in [7, 11) is 1.69. The largest absolute Gasteiger partial charge is 0.496 e. The smallest absolute Gasteiger partial charge is 0.251 e. The van der Waals surface area contributed by atoms with Crippen molar-refractivity contribution < 1.29 is 4.74 Å². The van der Waals surface area contributed by atoms with Gasteiger partial charge in [0, 0.05) is 36.5 Å². The topological polar surface area (TPSA) is 84.0 Å². The number of ether oxygens (including phenoxy) is 1. The fourth-order valence-corrected chi connectivity index (χ4v) is 3.77. The summed E-state index contributed by atoms with van der Waals surface area (Å²) in [6.07, 6.45) is 11.0. The quantitative estimate of drug-likeness (QED) is 0.681. The molecule has 4 rings (SSSR count). The van der Waals surface area contributed by atoms with Gasteiger partial charge >= 0.3 is 0 Å². The van der Waals surface area contributed by atoms with Crippen molar-refractivity contribution in [1.29, 1.82) is 0 Å². The summed E-state index contributed by atoms with van der Waals surface area (Å²) in [6.45, 7) is 2.82. The van der Waals surface area contributed by atoms with Crippen LogP contribution in [0.2, 0.25) is 0 Å². The van der Waals surface area contributed by atoms with E-state index in [4.69, 9.17) is 4.74 Å². The number of H-pyrrole nitrogens is 1. The molecule has 0 spiro atoms. The monoisotopic (exact) mass is 403 g/mol. The van der Waals surface area contributed by atoms with Gasteiger partial charge in [0.2, 0.25) is 0 Å². The van der Waals surface area contributed by atoms with Gasteiger partial charge in [-0.1, -0.05) is 30.4 Å². The van der Waals surface area contributed by atoms with Gasteiger partial charge in [0.25, 0.3) is 5.56 Å². The average molecular weight is 403 g/mol. The number of aromatic amines is 1. The van der Waals surface area contributed by atoms with E-state index in [1.54, 1.807) is 31.8 Å². The van der Waals surface area contributed by atoms with Crippen molar-refractivity contribution in [2.24, 2.45) is 0 Å². The van der Waals surface area contributed by atoms with Crippen LogP contribution < -0.4 is 10.3 Å². The fourth-order valence-electron chi connectivity index (χ4n) is 3.77. The summed E-state index contributed by atoms with van der Waals surface area (Å²) >= 11 is 0. The van der Waals surface area contributed by atoms with Gasteiger partial charge in [0.1, 0.15) is 11.4 Å². The second-order valence-electron chi connectivity index (χ2n) is 7.33. The molecule has 1 aliphatic rings. The van der Waals surface area contributed by atoms with Gasteiger partial charge in [0.15, 0.2) is 5.82 Å². The molecule has 0 aliphatic carbocycles. The molecule has 1 aromatic carbocycles. The number of nitrogens with zero attached hydrogens (tertiary/aromatic N) is 4. The molecule has 0 amide bonds. The maximum absolute atomic E-state index is 12.1. The SMILES string of the molecule is COc1ccccc1C=CCN1CCC(c2cc(=O)[nH]c(-c3cnccn3)n2)CC1. The number of methoxy groups -OCH3 is 1. The summed E-state index contributed by atoms with van der Waals surface area (Å²) < 4.78 is 5.39. The molecule has 1 fully saturated rings. The molecule has 1 saturated heterocycles. The minimum Gasteiger partial charge on any atom is -0.496 e. The lowest BCUT2D eigenvalue weighted by Crippen LogP contribution is -2.33. The zero-order valence-corrected chi connectivity index (χ0v) is 17.0. The van der Waals surface area contributed by atoms with E-state index >= 15 is 0 Å². The summed E-state index contributed by atoms with van der Waals surface area (Å²) in [5, 5.41) is 0. The molecule has 0 radical (unpaired) electrons. The maximum atomic E-state index is 12.1. The van der Waals surface area contributed by atoms with Crippen molar-refractivity contribution in [3.63, 3.8) is 0 Å². The molecule has 7 heteroatoms. The van der Waals surface area contributed by atoms with Gasteiger partial charge in [-0.05, 0) is 32.0 Å². The van der Waals surface area contributed by atoms with Crippen molar-refractivity contribution in [2.75, 3.05) is 26.7 Å². The standard InChI is InChI=1S/C23H25N5O2/c1-30-21-7-3-2-5-18(21)6-4-12-28-13-8-17(9-14-28)19-15-22(29)27-23(26-19)20-16-24-10-11-25-20/h2-7,10-11,15-17H,8-9,12-14H2,1H3,(H,26,27,29). The normalized spacial score (nSPS) is 15.5. The predicted molar refractivity (Wildman–Crippen MR) is 116 cm³/mol. The van der Waals surface area contributed by atoms with Crippen molar-refractivity contribution in [1.82, 2.24) is 24.8 Å². The van der Waals surface area contributed by atoms with Crippen molar-refractivity contribution in [2.45, 2.75) is 18.8 Å². The van der Waals surface area contributed by atoms with Gasteiger partial charge in [-0.25, -0.2) is 9.97 Å².